The average molecular weight is 393 g/mol. The Balaban J connectivity index is 1.61. The maximum absolute atomic E-state index is 12.9. The number of non-ortho nitro benzene ring substituents is 2. The van der Waals surface area contributed by atoms with Gasteiger partial charge in [-0.1, -0.05) is 30.3 Å². The van der Waals surface area contributed by atoms with Crippen LogP contribution >= 0.6 is 0 Å². The van der Waals surface area contributed by atoms with Crippen LogP contribution in [0.15, 0.2) is 59.0 Å². The molecule has 0 atom stereocenters. The van der Waals surface area contributed by atoms with Crippen LogP contribution in [-0.2, 0) is 13.0 Å². The van der Waals surface area contributed by atoms with Crippen molar-refractivity contribution >= 4 is 17.3 Å². The number of furan rings is 1. The van der Waals surface area contributed by atoms with Gasteiger partial charge in [-0.05, 0) is 18.1 Å². The fourth-order valence-corrected chi connectivity index (χ4v) is 3.35. The van der Waals surface area contributed by atoms with Gasteiger partial charge in [0.25, 0.3) is 17.3 Å². The first kappa shape index (κ1) is 18.4. The molecule has 0 fully saturated rings. The molecule has 9 heteroatoms. The van der Waals surface area contributed by atoms with Gasteiger partial charge in [0.1, 0.15) is 11.5 Å². The second kappa shape index (κ2) is 7.19. The summed E-state index contributed by atoms with van der Waals surface area (Å²) in [6.07, 6.45) is 0.564. The molecule has 0 unspecified atom stereocenters. The first-order chi connectivity index (χ1) is 13.9. The molecule has 0 radical (unpaired) electrons. The van der Waals surface area contributed by atoms with Gasteiger partial charge in [-0.3, -0.25) is 25.0 Å². The lowest BCUT2D eigenvalue weighted by Gasteiger charge is -2.26. The van der Waals surface area contributed by atoms with Crippen LogP contribution < -0.4 is 0 Å². The molecule has 1 amide bonds. The third-order valence-electron chi connectivity index (χ3n) is 4.80. The number of carbonyl (C=O) groups excluding carboxylic acids is 1. The molecular formula is C20H15N3O6. The number of benzene rings is 2. The molecule has 0 saturated heterocycles. The van der Waals surface area contributed by atoms with Crippen molar-refractivity contribution < 1.29 is 19.1 Å². The average Bonchev–Trinajstić information content (AvgIpc) is 3.16. The number of hydrogen-bond donors (Lipinski definition) is 0. The number of nitrogens with zero attached hydrogens (tertiary/aromatic N) is 3. The van der Waals surface area contributed by atoms with Crippen molar-refractivity contribution in [3.05, 3.63) is 91.7 Å². The highest BCUT2D eigenvalue weighted by Crippen LogP contribution is 2.31. The lowest BCUT2D eigenvalue weighted by atomic mass is 10.0. The molecule has 29 heavy (non-hydrogen) atoms. The molecule has 3 aromatic rings. The normalized spacial score (nSPS) is 13.0. The van der Waals surface area contributed by atoms with Crippen LogP contribution in [-0.4, -0.2) is 27.2 Å². The van der Waals surface area contributed by atoms with Gasteiger partial charge in [0.05, 0.1) is 28.0 Å². The molecule has 0 bridgehead atoms. The van der Waals surface area contributed by atoms with Crippen molar-refractivity contribution in [1.82, 2.24) is 4.90 Å². The van der Waals surface area contributed by atoms with Gasteiger partial charge in [0, 0.05) is 24.2 Å². The number of rotatable bonds is 4. The van der Waals surface area contributed by atoms with E-state index in [1.165, 1.54) is 4.90 Å². The van der Waals surface area contributed by atoms with Crippen LogP contribution in [0, 0.1) is 20.2 Å². The van der Waals surface area contributed by atoms with E-state index in [4.69, 9.17) is 4.42 Å². The van der Waals surface area contributed by atoms with E-state index in [2.05, 4.69) is 0 Å². The van der Waals surface area contributed by atoms with Crippen molar-refractivity contribution in [1.29, 1.82) is 0 Å². The Morgan fingerprint density at radius 2 is 1.62 bits per heavy atom. The summed E-state index contributed by atoms with van der Waals surface area (Å²) in [4.78, 5) is 35.0. The third kappa shape index (κ3) is 3.57. The summed E-state index contributed by atoms with van der Waals surface area (Å²) < 4.78 is 5.92. The maximum atomic E-state index is 12.9. The van der Waals surface area contributed by atoms with Crippen molar-refractivity contribution in [2.24, 2.45) is 0 Å². The van der Waals surface area contributed by atoms with Gasteiger partial charge in [0.2, 0.25) is 0 Å². The first-order valence-electron chi connectivity index (χ1n) is 8.82. The molecule has 2 aromatic carbocycles. The zero-order valence-electron chi connectivity index (χ0n) is 15.1. The number of amides is 1. The van der Waals surface area contributed by atoms with E-state index in [1.54, 1.807) is 0 Å². The molecular weight excluding hydrogens is 378 g/mol. The van der Waals surface area contributed by atoms with Crippen LogP contribution in [0.25, 0.3) is 11.3 Å². The summed E-state index contributed by atoms with van der Waals surface area (Å²) in [5.41, 5.74) is 0.838. The molecule has 1 aliphatic rings. The second-order valence-electron chi connectivity index (χ2n) is 6.65. The summed E-state index contributed by atoms with van der Waals surface area (Å²) in [6.45, 7) is 0.577. The SMILES string of the molecule is O=C(c1cc([N+](=O)[O-])cc([N+](=O)[O-])c1)N1CCc2cc(-c3ccccc3)oc2C1. The fraction of sp³-hybridized carbons (Fsp3) is 0.150. The summed E-state index contributed by atoms with van der Waals surface area (Å²) >= 11 is 0. The van der Waals surface area contributed by atoms with Crippen LogP contribution in [0.1, 0.15) is 21.7 Å². The van der Waals surface area contributed by atoms with Crippen molar-refractivity contribution in [3.8, 4) is 11.3 Å². The minimum absolute atomic E-state index is 0.0933. The number of fused-ring (bicyclic) bond motifs is 1. The third-order valence-corrected chi connectivity index (χ3v) is 4.80. The number of carbonyl (C=O) groups is 1. The van der Waals surface area contributed by atoms with Gasteiger partial charge >= 0.3 is 0 Å². The lowest BCUT2D eigenvalue weighted by molar-refractivity contribution is -0.394. The Morgan fingerprint density at radius 3 is 2.24 bits per heavy atom. The molecule has 1 aliphatic heterocycles. The van der Waals surface area contributed by atoms with Crippen molar-refractivity contribution in [3.63, 3.8) is 0 Å². The Bertz CT molecular complexity index is 1090. The first-order valence-corrected chi connectivity index (χ1v) is 8.82. The highest BCUT2D eigenvalue weighted by molar-refractivity contribution is 5.95. The van der Waals surface area contributed by atoms with Gasteiger partial charge < -0.3 is 9.32 Å². The minimum Gasteiger partial charge on any atom is -0.459 e. The molecule has 4 rings (SSSR count). The summed E-state index contributed by atoms with van der Waals surface area (Å²) in [7, 11) is 0. The Morgan fingerprint density at radius 1 is 0.966 bits per heavy atom. The topological polar surface area (TPSA) is 120 Å². The molecule has 0 N–H and O–H groups in total. The van der Waals surface area contributed by atoms with E-state index in [9.17, 15) is 25.0 Å². The van der Waals surface area contributed by atoms with E-state index in [0.717, 1.165) is 29.3 Å². The predicted octanol–water partition coefficient (Wildman–Crippen LogP) is 3.96. The Hall–Kier alpha value is -4.01. The maximum Gasteiger partial charge on any atom is 0.277 e. The quantitative estimate of drug-likeness (QED) is 0.489. The molecule has 9 nitrogen and oxygen atoms in total. The van der Waals surface area contributed by atoms with Crippen LogP contribution in [0.4, 0.5) is 11.4 Å². The molecule has 0 aliphatic carbocycles. The number of hydrogen-bond acceptors (Lipinski definition) is 6. The summed E-state index contributed by atoms with van der Waals surface area (Å²) in [6, 6.07) is 14.5. The molecule has 146 valence electrons. The van der Waals surface area contributed by atoms with Crippen molar-refractivity contribution in [2.45, 2.75) is 13.0 Å². The van der Waals surface area contributed by atoms with Crippen LogP contribution in [0.3, 0.4) is 0 Å². The van der Waals surface area contributed by atoms with Crippen molar-refractivity contribution in [2.75, 3.05) is 6.54 Å². The predicted molar refractivity (Wildman–Crippen MR) is 102 cm³/mol. The Labute approximate surface area is 164 Å². The van der Waals surface area contributed by atoms with Gasteiger partial charge in [-0.25, -0.2) is 0 Å². The van der Waals surface area contributed by atoms with Gasteiger partial charge in [-0.15, -0.1) is 0 Å². The largest absolute Gasteiger partial charge is 0.459 e. The number of nitro groups is 2. The van der Waals surface area contributed by atoms with E-state index in [1.807, 2.05) is 36.4 Å². The van der Waals surface area contributed by atoms with E-state index < -0.39 is 27.1 Å². The van der Waals surface area contributed by atoms with E-state index in [0.29, 0.717) is 24.5 Å². The standard InChI is InChI=1S/C20H15N3O6/c24-20(15-8-16(22(25)26)11-17(9-15)23(27)28)21-7-6-14-10-18(29-19(14)12-21)13-4-2-1-3-5-13/h1-5,8-11H,6-7,12H2. The molecule has 0 spiro atoms. The molecule has 1 aromatic heterocycles. The van der Waals surface area contributed by atoms with Gasteiger partial charge in [-0.2, -0.15) is 0 Å². The fourth-order valence-electron chi connectivity index (χ4n) is 3.35. The Kier molecular flexibility index (Phi) is 4.55. The highest BCUT2D eigenvalue weighted by atomic mass is 16.6. The zero-order valence-corrected chi connectivity index (χ0v) is 15.1. The summed E-state index contributed by atoms with van der Waals surface area (Å²) in [5, 5.41) is 22.1. The zero-order chi connectivity index (χ0) is 20.5. The van der Waals surface area contributed by atoms with E-state index >= 15 is 0 Å². The molecule has 0 saturated carbocycles. The summed E-state index contributed by atoms with van der Waals surface area (Å²) in [5.74, 6) is 0.833. The van der Waals surface area contributed by atoms with Crippen LogP contribution in [0.5, 0.6) is 0 Å². The molecule has 2 heterocycles. The van der Waals surface area contributed by atoms with E-state index in [-0.39, 0.29) is 12.1 Å². The minimum atomic E-state index is -0.753. The number of nitro benzene ring substituents is 2. The second-order valence-corrected chi connectivity index (χ2v) is 6.65. The van der Waals surface area contributed by atoms with Gasteiger partial charge in [0.15, 0.2) is 0 Å². The van der Waals surface area contributed by atoms with Crippen LogP contribution in [0.2, 0.25) is 0 Å². The monoisotopic (exact) mass is 393 g/mol. The lowest BCUT2D eigenvalue weighted by Crippen LogP contribution is -2.35. The smallest absolute Gasteiger partial charge is 0.277 e. The highest BCUT2D eigenvalue weighted by Gasteiger charge is 2.28.